The van der Waals surface area contributed by atoms with Crippen molar-refractivity contribution in [3.8, 4) is 5.75 Å². The van der Waals surface area contributed by atoms with Crippen LogP contribution in [0.25, 0.3) is 0 Å². The average molecular weight is 232 g/mol. The molecule has 1 aliphatic rings. The Morgan fingerprint density at radius 1 is 1.18 bits per heavy atom. The van der Waals surface area contributed by atoms with E-state index >= 15 is 0 Å². The fourth-order valence-electron chi connectivity index (χ4n) is 3.00. The number of carbonyl (C=O) groups is 1. The number of carbonyl (C=O) groups excluding carboxylic acids is 1. The van der Waals surface area contributed by atoms with Crippen molar-refractivity contribution in [2.75, 3.05) is 0 Å². The van der Waals surface area contributed by atoms with Crippen molar-refractivity contribution >= 4 is 5.78 Å². The van der Waals surface area contributed by atoms with E-state index in [9.17, 15) is 9.90 Å². The molecule has 2 heteroatoms. The van der Waals surface area contributed by atoms with Crippen molar-refractivity contribution in [1.82, 2.24) is 0 Å². The highest BCUT2D eigenvalue weighted by Crippen LogP contribution is 2.41. The molecular formula is C15H20O2. The fourth-order valence-corrected chi connectivity index (χ4v) is 3.00. The summed E-state index contributed by atoms with van der Waals surface area (Å²) in [5, 5.41) is 9.35. The fraction of sp³-hybridized carbons (Fsp3) is 0.533. The average Bonchev–Trinajstić information content (AvgIpc) is 2.39. The normalized spacial score (nSPS) is 18.9. The Morgan fingerprint density at radius 3 is 2.29 bits per heavy atom. The number of phenols is 1. The number of ketones is 1. The molecule has 0 spiro atoms. The van der Waals surface area contributed by atoms with E-state index in [-0.39, 0.29) is 11.2 Å². The van der Waals surface area contributed by atoms with Crippen LogP contribution in [0.2, 0.25) is 0 Å². The van der Waals surface area contributed by atoms with Gasteiger partial charge in [0.15, 0.2) is 0 Å². The Hall–Kier alpha value is -1.31. The molecule has 0 aromatic heterocycles. The van der Waals surface area contributed by atoms with Gasteiger partial charge in [0.05, 0.1) is 5.41 Å². The van der Waals surface area contributed by atoms with Gasteiger partial charge in [0.25, 0.3) is 0 Å². The third-order valence-corrected chi connectivity index (χ3v) is 3.98. The SMILES string of the molecule is CCC(=O)C1(c2ccc(O)cc2)CCCCC1. The zero-order chi connectivity index (χ0) is 12.3. The Morgan fingerprint density at radius 2 is 1.76 bits per heavy atom. The van der Waals surface area contributed by atoms with Gasteiger partial charge in [0.2, 0.25) is 0 Å². The standard InChI is InChI=1S/C15H20O2/c1-2-14(17)15(10-4-3-5-11-15)12-6-8-13(16)9-7-12/h6-9,16H,2-5,10-11H2,1H3. The van der Waals surface area contributed by atoms with Crippen LogP contribution < -0.4 is 0 Å². The Balaban J connectivity index is 2.38. The van der Waals surface area contributed by atoms with Crippen molar-refractivity contribution in [2.45, 2.75) is 50.9 Å². The predicted molar refractivity (Wildman–Crippen MR) is 68.2 cm³/mol. The maximum absolute atomic E-state index is 12.3. The van der Waals surface area contributed by atoms with Gasteiger partial charge in [-0.2, -0.15) is 0 Å². The van der Waals surface area contributed by atoms with E-state index in [0.717, 1.165) is 31.2 Å². The van der Waals surface area contributed by atoms with Crippen molar-refractivity contribution in [3.05, 3.63) is 29.8 Å². The maximum atomic E-state index is 12.3. The molecule has 17 heavy (non-hydrogen) atoms. The summed E-state index contributed by atoms with van der Waals surface area (Å²) in [5.41, 5.74) is 0.808. The highest BCUT2D eigenvalue weighted by Gasteiger charge is 2.39. The van der Waals surface area contributed by atoms with Crippen molar-refractivity contribution in [2.24, 2.45) is 0 Å². The molecular weight excluding hydrogens is 212 g/mol. The molecule has 0 heterocycles. The first kappa shape index (κ1) is 12.2. The largest absolute Gasteiger partial charge is 0.508 e. The minimum absolute atomic E-state index is 0.267. The molecule has 0 saturated heterocycles. The summed E-state index contributed by atoms with van der Waals surface area (Å²) in [4.78, 5) is 12.3. The summed E-state index contributed by atoms with van der Waals surface area (Å²) in [7, 11) is 0. The second-order valence-corrected chi connectivity index (χ2v) is 4.97. The van der Waals surface area contributed by atoms with Gasteiger partial charge in [-0.3, -0.25) is 4.79 Å². The maximum Gasteiger partial charge on any atom is 0.143 e. The smallest absolute Gasteiger partial charge is 0.143 e. The number of phenolic OH excluding ortho intramolecular Hbond substituents is 1. The molecule has 0 bridgehead atoms. The first-order valence-electron chi connectivity index (χ1n) is 6.52. The van der Waals surface area contributed by atoms with Gasteiger partial charge in [-0.25, -0.2) is 0 Å². The predicted octanol–water partition coefficient (Wildman–Crippen LogP) is 3.57. The van der Waals surface area contributed by atoms with Crippen LogP contribution in [0, 0.1) is 0 Å². The molecule has 1 aromatic carbocycles. The quantitative estimate of drug-likeness (QED) is 0.865. The van der Waals surface area contributed by atoms with E-state index in [1.807, 2.05) is 19.1 Å². The van der Waals surface area contributed by atoms with E-state index in [2.05, 4.69) is 0 Å². The topological polar surface area (TPSA) is 37.3 Å². The van der Waals surface area contributed by atoms with Crippen LogP contribution in [-0.2, 0) is 10.2 Å². The van der Waals surface area contributed by atoms with Gasteiger partial charge in [0, 0.05) is 6.42 Å². The molecule has 1 aromatic rings. The molecule has 1 saturated carbocycles. The van der Waals surface area contributed by atoms with E-state index < -0.39 is 0 Å². The number of hydrogen-bond acceptors (Lipinski definition) is 2. The lowest BCUT2D eigenvalue weighted by atomic mass is 9.66. The lowest BCUT2D eigenvalue weighted by Gasteiger charge is -2.36. The summed E-state index contributed by atoms with van der Waals surface area (Å²) < 4.78 is 0. The van der Waals surface area contributed by atoms with Gasteiger partial charge in [-0.15, -0.1) is 0 Å². The highest BCUT2D eigenvalue weighted by molar-refractivity contribution is 5.90. The van der Waals surface area contributed by atoms with E-state index in [1.165, 1.54) is 6.42 Å². The summed E-state index contributed by atoms with van der Waals surface area (Å²) in [5.74, 6) is 0.617. The molecule has 92 valence electrons. The van der Waals surface area contributed by atoms with Gasteiger partial charge in [-0.1, -0.05) is 38.3 Å². The Labute approximate surface area is 103 Å². The van der Waals surface area contributed by atoms with Gasteiger partial charge >= 0.3 is 0 Å². The first-order chi connectivity index (χ1) is 8.19. The summed E-state index contributed by atoms with van der Waals surface area (Å²) in [6, 6.07) is 7.20. The van der Waals surface area contributed by atoms with Crippen molar-refractivity contribution < 1.29 is 9.90 Å². The number of aromatic hydroxyl groups is 1. The molecule has 0 unspecified atom stereocenters. The van der Waals surface area contributed by atoms with E-state index in [1.54, 1.807) is 12.1 Å². The van der Waals surface area contributed by atoms with E-state index in [0.29, 0.717) is 12.2 Å². The minimum atomic E-state index is -0.277. The molecule has 0 atom stereocenters. The van der Waals surface area contributed by atoms with Crippen molar-refractivity contribution in [3.63, 3.8) is 0 Å². The molecule has 1 aliphatic carbocycles. The minimum Gasteiger partial charge on any atom is -0.508 e. The Bertz CT molecular complexity index is 386. The summed E-state index contributed by atoms with van der Waals surface area (Å²) in [6.45, 7) is 1.94. The number of rotatable bonds is 3. The molecule has 1 fully saturated rings. The van der Waals surface area contributed by atoms with Crippen LogP contribution in [-0.4, -0.2) is 10.9 Å². The molecule has 0 amide bonds. The van der Waals surface area contributed by atoms with Crippen LogP contribution in [0.5, 0.6) is 5.75 Å². The highest BCUT2D eigenvalue weighted by atomic mass is 16.3. The summed E-state index contributed by atoms with van der Waals surface area (Å²) in [6.07, 6.45) is 6.02. The molecule has 2 rings (SSSR count). The molecule has 2 nitrogen and oxygen atoms in total. The lowest BCUT2D eigenvalue weighted by Crippen LogP contribution is -2.37. The number of hydrogen-bond donors (Lipinski definition) is 1. The molecule has 1 N–H and O–H groups in total. The summed E-state index contributed by atoms with van der Waals surface area (Å²) >= 11 is 0. The third kappa shape index (κ3) is 2.21. The zero-order valence-electron chi connectivity index (χ0n) is 10.4. The second-order valence-electron chi connectivity index (χ2n) is 4.97. The first-order valence-corrected chi connectivity index (χ1v) is 6.52. The van der Waals surface area contributed by atoms with Gasteiger partial charge in [-0.05, 0) is 30.5 Å². The molecule has 0 radical (unpaired) electrons. The monoisotopic (exact) mass is 232 g/mol. The van der Waals surface area contributed by atoms with Crippen LogP contribution in [0.1, 0.15) is 51.0 Å². The lowest BCUT2D eigenvalue weighted by molar-refractivity contribution is -0.125. The van der Waals surface area contributed by atoms with E-state index in [4.69, 9.17) is 0 Å². The third-order valence-electron chi connectivity index (χ3n) is 3.98. The Kier molecular flexibility index (Phi) is 3.51. The number of Topliss-reactive ketones (excluding diaryl/α,β-unsaturated/α-hetero) is 1. The molecule has 0 aliphatic heterocycles. The van der Waals surface area contributed by atoms with Crippen LogP contribution >= 0.6 is 0 Å². The number of benzene rings is 1. The van der Waals surface area contributed by atoms with Crippen LogP contribution in [0.4, 0.5) is 0 Å². The van der Waals surface area contributed by atoms with Gasteiger partial charge < -0.3 is 5.11 Å². The van der Waals surface area contributed by atoms with Crippen molar-refractivity contribution in [1.29, 1.82) is 0 Å². The second kappa shape index (κ2) is 4.91. The van der Waals surface area contributed by atoms with Crippen LogP contribution in [0.15, 0.2) is 24.3 Å². The zero-order valence-corrected chi connectivity index (χ0v) is 10.4. The van der Waals surface area contributed by atoms with Gasteiger partial charge in [0.1, 0.15) is 11.5 Å². The van der Waals surface area contributed by atoms with Crippen LogP contribution in [0.3, 0.4) is 0 Å².